The van der Waals surface area contributed by atoms with Gasteiger partial charge in [-0.25, -0.2) is 4.79 Å². The van der Waals surface area contributed by atoms with Crippen molar-refractivity contribution in [2.45, 2.75) is 44.7 Å². The molecule has 1 aliphatic carbocycles. The second kappa shape index (κ2) is 7.58. The van der Waals surface area contributed by atoms with Crippen LogP contribution in [0.4, 0.5) is 4.79 Å². The van der Waals surface area contributed by atoms with Gasteiger partial charge in [-0.3, -0.25) is 0 Å². The molecule has 0 radical (unpaired) electrons. The molecule has 1 saturated carbocycles. The van der Waals surface area contributed by atoms with Crippen LogP contribution in [-0.2, 0) is 6.54 Å². The lowest BCUT2D eigenvalue weighted by Gasteiger charge is -2.34. The third kappa shape index (κ3) is 4.16. The summed E-state index contributed by atoms with van der Waals surface area (Å²) in [5, 5.41) is 12.7. The first-order valence-electron chi connectivity index (χ1n) is 7.47. The van der Waals surface area contributed by atoms with E-state index in [2.05, 4.69) is 11.2 Å². The van der Waals surface area contributed by atoms with Crippen molar-refractivity contribution >= 4 is 6.03 Å². The molecule has 2 rings (SSSR count). The number of hydrogen-bond acceptors (Lipinski definition) is 2. The molecule has 0 aromatic heterocycles. The predicted octanol–water partition coefficient (Wildman–Crippen LogP) is 2.87. The normalized spacial score (nSPS) is 15.2. The van der Waals surface area contributed by atoms with Crippen LogP contribution in [0, 0.1) is 12.3 Å². The first-order chi connectivity index (χ1) is 10.2. The maximum Gasteiger partial charge on any atom is 0.318 e. The van der Waals surface area contributed by atoms with Gasteiger partial charge in [0.25, 0.3) is 0 Å². The number of nitrogens with zero attached hydrogens (tertiary/aromatic N) is 1. The van der Waals surface area contributed by atoms with E-state index in [0.717, 1.165) is 31.2 Å². The number of para-hydroxylation sites is 1. The van der Waals surface area contributed by atoms with E-state index < -0.39 is 0 Å². The van der Waals surface area contributed by atoms with Crippen LogP contribution < -0.4 is 5.32 Å². The lowest BCUT2D eigenvalue weighted by Crippen LogP contribution is -2.46. The van der Waals surface area contributed by atoms with Crippen LogP contribution in [0.5, 0.6) is 5.75 Å². The SMILES string of the molecule is C#CCNC(=O)N(Cc1ccccc1O)C1CCCCC1. The number of phenols is 1. The number of aromatic hydroxyl groups is 1. The second-order valence-electron chi connectivity index (χ2n) is 5.41. The van der Waals surface area contributed by atoms with Gasteiger partial charge in [-0.15, -0.1) is 6.42 Å². The van der Waals surface area contributed by atoms with Crippen LogP contribution in [0.2, 0.25) is 0 Å². The summed E-state index contributed by atoms with van der Waals surface area (Å²) in [6.45, 7) is 0.635. The molecule has 0 unspecified atom stereocenters. The number of benzene rings is 1. The Balaban J connectivity index is 2.13. The van der Waals surface area contributed by atoms with Crippen molar-refractivity contribution in [3.05, 3.63) is 29.8 Å². The van der Waals surface area contributed by atoms with E-state index in [1.165, 1.54) is 6.42 Å². The fraction of sp³-hybridized carbons (Fsp3) is 0.471. The third-order valence-electron chi connectivity index (χ3n) is 3.95. The molecule has 1 aliphatic rings. The van der Waals surface area contributed by atoms with E-state index in [1.54, 1.807) is 12.1 Å². The third-order valence-corrected chi connectivity index (χ3v) is 3.95. The Labute approximate surface area is 126 Å². The van der Waals surface area contributed by atoms with Crippen LogP contribution in [0.15, 0.2) is 24.3 Å². The zero-order valence-corrected chi connectivity index (χ0v) is 12.2. The molecule has 0 bridgehead atoms. The topological polar surface area (TPSA) is 52.6 Å². The summed E-state index contributed by atoms with van der Waals surface area (Å²) < 4.78 is 0. The van der Waals surface area contributed by atoms with E-state index >= 15 is 0 Å². The Morgan fingerprint density at radius 1 is 1.33 bits per heavy atom. The van der Waals surface area contributed by atoms with E-state index in [-0.39, 0.29) is 24.4 Å². The van der Waals surface area contributed by atoms with Crippen molar-refractivity contribution in [3.63, 3.8) is 0 Å². The number of phenolic OH excluding ortho intramolecular Hbond substituents is 1. The Bertz CT molecular complexity index is 516. The largest absolute Gasteiger partial charge is 0.508 e. The summed E-state index contributed by atoms with van der Waals surface area (Å²) in [4.78, 5) is 14.2. The first kappa shape index (κ1) is 15.2. The zero-order valence-electron chi connectivity index (χ0n) is 12.2. The Morgan fingerprint density at radius 3 is 2.71 bits per heavy atom. The van der Waals surface area contributed by atoms with Gasteiger partial charge in [-0.1, -0.05) is 43.4 Å². The molecule has 2 N–H and O–H groups in total. The summed E-state index contributed by atoms with van der Waals surface area (Å²) in [6, 6.07) is 7.21. The summed E-state index contributed by atoms with van der Waals surface area (Å²) >= 11 is 0. The molecule has 112 valence electrons. The molecule has 2 amide bonds. The van der Waals surface area contributed by atoms with Crippen molar-refractivity contribution in [2.75, 3.05) is 6.54 Å². The summed E-state index contributed by atoms with van der Waals surface area (Å²) in [5.74, 6) is 2.65. The summed E-state index contributed by atoms with van der Waals surface area (Å²) in [5.41, 5.74) is 0.763. The lowest BCUT2D eigenvalue weighted by molar-refractivity contribution is 0.151. The molecule has 1 fully saturated rings. The zero-order chi connectivity index (χ0) is 15.1. The Morgan fingerprint density at radius 2 is 2.05 bits per heavy atom. The predicted molar refractivity (Wildman–Crippen MR) is 82.8 cm³/mol. The minimum Gasteiger partial charge on any atom is -0.508 e. The number of rotatable bonds is 4. The van der Waals surface area contributed by atoms with Crippen molar-refractivity contribution in [3.8, 4) is 18.1 Å². The Kier molecular flexibility index (Phi) is 5.51. The minimum atomic E-state index is -0.150. The molecule has 1 aromatic carbocycles. The highest BCUT2D eigenvalue weighted by Gasteiger charge is 2.25. The molecule has 0 atom stereocenters. The van der Waals surface area contributed by atoms with Gasteiger partial charge in [-0.05, 0) is 18.9 Å². The minimum absolute atomic E-state index is 0.150. The molecule has 0 heterocycles. The number of carbonyl (C=O) groups excluding carboxylic acids is 1. The maximum absolute atomic E-state index is 12.4. The molecular formula is C17H22N2O2. The first-order valence-corrected chi connectivity index (χ1v) is 7.47. The van der Waals surface area contributed by atoms with Crippen LogP contribution in [-0.4, -0.2) is 28.6 Å². The van der Waals surface area contributed by atoms with Gasteiger partial charge >= 0.3 is 6.03 Å². The van der Waals surface area contributed by atoms with Crippen molar-refractivity contribution in [1.82, 2.24) is 10.2 Å². The maximum atomic E-state index is 12.4. The quantitative estimate of drug-likeness (QED) is 0.836. The van der Waals surface area contributed by atoms with Crippen molar-refractivity contribution in [2.24, 2.45) is 0 Å². The molecular weight excluding hydrogens is 264 g/mol. The van der Waals surface area contributed by atoms with E-state index in [0.29, 0.717) is 6.54 Å². The van der Waals surface area contributed by atoms with Gasteiger partial charge in [0.1, 0.15) is 5.75 Å². The monoisotopic (exact) mass is 286 g/mol. The van der Waals surface area contributed by atoms with Gasteiger partial charge in [0, 0.05) is 11.6 Å². The molecule has 4 heteroatoms. The number of urea groups is 1. The molecule has 0 saturated heterocycles. The standard InChI is InChI=1S/C17H22N2O2/c1-2-12-18-17(21)19(15-9-4-3-5-10-15)13-14-8-6-7-11-16(14)20/h1,6-8,11,15,20H,3-5,9-10,12-13H2,(H,18,21). The van der Waals surface area contributed by atoms with Gasteiger partial charge in [0.15, 0.2) is 0 Å². The van der Waals surface area contributed by atoms with Gasteiger partial charge < -0.3 is 15.3 Å². The van der Waals surface area contributed by atoms with Crippen LogP contribution in [0.1, 0.15) is 37.7 Å². The highest BCUT2D eigenvalue weighted by atomic mass is 16.3. The van der Waals surface area contributed by atoms with Gasteiger partial charge in [0.2, 0.25) is 0 Å². The van der Waals surface area contributed by atoms with Crippen molar-refractivity contribution < 1.29 is 9.90 Å². The number of terminal acetylenes is 1. The number of carbonyl (C=O) groups is 1. The smallest absolute Gasteiger partial charge is 0.318 e. The van der Waals surface area contributed by atoms with E-state index in [4.69, 9.17) is 6.42 Å². The van der Waals surface area contributed by atoms with Crippen LogP contribution >= 0.6 is 0 Å². The van der Waals surface area contributed by atoms with Gasteiger partial charge in [-0.2, -0.15) is 0 Å². The van der Waals surface area contributed by atoms with Crippen molar-refractivity contribution in [1.29, 1.82) is 0 Å². The number of nitrogens with one attached hydrogen (secondary N) is 1. The number of amides is 2. The van der Waals surface area contributed by atoms with E-state index in [1.807, 2.05) is 17.0 Å². The fourth-order valence-electron chi connectivity index (χ4n) is 2.82. The number of hydrogen-bond donors (Lipinski definition) is 2. The van der Waals surface area contributed by atoms with E-state index in [9.17, 15) is 9.90 Å². The molecule has 0 aliphatic heterocycles. The molecule has 4 nitrogen and oxygen atoms in total. The van der Waals surface area contributed by atoms with Gasteiger partial charge in [0.05, 0.1) is 13.1 Å². The highest BCUT2D eigenvalue weighted by Crippen LogP contribution is 2.26. The highest BCUT2D eigenvalue weighted by molar-refractivity contribution is 5.75. The average Bonchev–Trinajstić information content (AvgIpc) is 2.52. The summed E-state index contributed by atoms with van der Waals surface area (Å²) in [6.07, 6.45) is 10.7. The molecule has 21 heavy (non-hydrogen) atoms. The van der Waals surface area contributed by atoms with Crippen LogP contribution in [0.25, 0.3) is 0 Å². The molecule has 1 aromatic rings. The molecule has 0 spiro atoms. The average molecular weight is 286 g/mol. The van der Waals surface area contributed by atoms with Crippen LogP contribution in [0.3, 0.4) is 0 Å². The summed E-state index contributed by atoms with van der Waals surface area (Å²) in [7, 11) is 0. The fourth-order valence-corrected chi connectivity index (χ4v) is 2.82. The Hall–Kier alpha value is -2.15. The second-order valence-corrected chi connectivity index (χ2v) is 5.41. The lowest BCUT2D eigenvalue weighted by atomic mass is 9.94.